The van der Waals surface area contributed by atoms with Crippen molar-refractivity contribution in [3.63, 3.8) is 0 Å². The van der Waals surface area contributed by atoms with Crippen LogP contribution in [0.4, 0.5) is 0 Å². The minimum atomic E-state index is 0.262. The zero-order valence-electron chi connectivity index (χ0n) is 6.66. The van der Waals surface area contributed by atoms with E-state index in [9.17, 15) is 0 Å². The maximum atomic E-state index is 5.57. The van der Waals surface area contributed by atoms with E-state index in [4.69, 9.17) is 10.3 Å². The fourth-order valence-electron chi connectivity index (χ4n) is 0.881. The molecule has 1 aromatic heterocycles. The average Bonchev–Trinajstić information content (AvgIpc) is 2.39. The van der Waals surface area contributed by atoms with Gasteiger partial charge in [0.1, 0.15) is 0 Å². The van der Waals surface area contributed by atoms with Crippen LogP contribution < -0.4 is 5.73 Å². The highest BCUT2D eigenvalue weighted by Gasteiger charge is 1.99. The fraction of sp³-hybridized carbons (Fsp3) is 0.714. The summed E-state index contributed by atoms with van der Waals surface area (Å²) in [5.41, 5.74) is 5.57. The summed E-state index contributed by atoms with van der Waals surface area (Å²) in [6.45, 7) is 1.99. The minimum absolute atomic E-state index is 0.262. The molecule has 1 atom stereocenters. The van der Waals surface area contributed by atoms with Gasteiger partial charge >= 0.3 is 0 Å². The molecule has 0 aromatic carbocycles. The Kier molecular flexibility index (Phi) is 3.04. The van der Waals surface area contributed by atoms with Crippen LogP contribution in [-0.2, 0) is 6.42 Å². The van der Waals surface area contributed by atoms with Crippen LogP contribution in [-0.4, -0.2) is 16.2 Å². The van der Waals surface area contributed by atoms with Crippen molar-refractivity contribution in [2.75, 3.05) is 0 Å². The number of aromatic nitrogens is 2. The minimum Gasteiger partial charge on any atom is -0.340 e. The molecule has 62 valence electrons. The molecule has 11 heavy (non-hydrogen) atoms. The van der Waals surface area contributed by atoms with Gasteiger partial charge in [-0.25, -0.2) is 0 Å². The first-order chi connectivity index (χ1) is 5.29. The summed E-state index contributed by atoms with van der Waals surface area (Å²) in [5.74, 6) is 0.700. The molecular weight excluding hydrogens is 142 g/mol. The molecule has 1 unspecified atom stereocenters. The molecule has 1 aromatic rings. The van der Waals surface area contributed by atoms with Gasteiger partial charge in [-0.3, -0.25) is 0 Å². The summed E-state index contributed by atoms with van der Waals surface area (Å²) in [5, 5.41) is 3.50. The third kappa shape index (κ3) is 3.13. The molecule has 0 amide bonds. The summed E-state index contributed by atoms with van der Waals surface area (Å²) in [6.07, 6.45) is 4.27. The number of rotatable bonds is 4. The molecule has 2 N–H and O–H groups in total. The molecule has 0 aliphatic rings. The van der Waals surface area contributed by atoms with Crippen molar-refractivity contribution in [1.82, 2.24) is 10.1 Å². The Balaban J connectivity index is 2.14. The van der Waals surface area contributed by atoms with Gasteiger partial charge < -0.3 is 10.3 Å². The van der Waals surface area contributed by atoms with Gasteiger partial charge in [-0.1, -0.05) is 5.16 Å². The zero-order valence-corrected chi connectivity index (χ0v) is 6.66. The second-order valence-corrected chi connectivity index (χ2v) is 2.70. The van der Waals surface area contributed by atoms with Crippen LogP contribution in [0.15, 0.2) is 10.9 Å². The highest BCUT2D eigenvalue weighted by atomic mass is 16.5. The Bertz CT molecular complexity index is 184. The van der Waals surface area contributed by atoms with E-state index in [1.54, 1.807) is 0 Å². The monoisotopic (exact) mass is 155 g/mol. The number of aryl methyl sites for hydroxylation is 1. The molecule has 1 rings (SSSR count). The van der Waals surface area contributed by atoms with E-state index in [1.807, 2.05) is 6.92 Å². The van der Waals surface area contributed by atoms with E-state index in [0.29, 0.717) is 5.89 Å². The van der Waals surface area contributed by atoms with Crippen LogP contribution in [0.3, 0.4) is 0 Å². The summed E-state index contributed by atoms with van der Waals surface area (Å²) < 4.78 is 4.81. The predicted molar refractivity (Wildman–Crippen MR) is 40.9 cm³/mol. The molecular formula is C7H13N3O. The summed E-state index contributed by atoms with van der Waals surface area (Å²) >= 11 is 0. The maximum Gasteiger partial charge on any atom is 0.226 e. The van der Waals surface area contributed by atoms with E-state index in [2.05, 4.69) is 10.1 Å². The van der Waals surface area contributed by atoms with E-state index < -0.39 is 0 Å². The Labute approximate surface area is 65.8 Å². The van der Waals surface area contributed by atoms with Gasteiger partial charge in [0.05, 0.1) is 0 Å². The van der Waals surface area contributed by atoms with Gasteiger partial charge in [-0.05, 0) is 19.8 Å². The van der Waals surface area contributed by atoms with Gasteiger partial charge in [0.25, 0.3) is 0 Å². The van der Waals surface area contributed by atoms with Gasteiger partial charge in [0, 0.05) is 12.5 Å². The molecule has 0 aliphatic heterocycles. The third-order valence-corrected chi connectivity index (χ3v) is 1.46. The highest BCUT2D eigenvalue weighted by Crippen LogP contribution is 2.01. The lowest BCUT2D eigenvalue weighted by Gasteiger charge is -2.00. The Morgan fingerprint density at radius 3 is 3.09 bits per heavy atom. The summed E-state index contributed by atoms with van der Waals surface area (Å²) in [4.78, 5) is 3.89. The van der Waals surface area contributed by atoms with Crippen LogP contribution >= 0.6 is 0 Å². The van der Waals surface area contributed by atoms with Gasteiger partial charge in [0.15, 0.2) is 6.33 Å². The zero-order chi connectivity index (χ0) is 8.10. The molecule has 0 aliphatic carbocycles. The lowest BCUT2D eigenvalue weighted by atomic mass is 10.1. The van der Waals surface area contributed by atoms with Gasteiger partial charge in [0.2, 0.25) is 5.89 Å². The third-order valence-electron chi connectivity index (χ3n) is 1.46. The standard InChI is InChI=1S/C7H13N3O/c1-6(8)3-2-4-7-9-5-10-11-7/h5-6H,2-4,8H2,1H3. The Morgan fingerprint density at radius 1 is 1.73 bits per heavy atom. The molecule has 0 fully saturated rings. The molecule has 0 bridgehead atoms. The number of nitrogens with zero attached hydrogens (tertiary/aromatic N) is 2. The van der Waals surface area contributed by atoms with Gasteiger partial charge in [-0.15, -0.1) is 0 Å². The second kappa shape index (κ2) is 4.08. The van der Waals surface area contributed by atoms with E-state index >= 15 is 0 Å². The molecule has 1 heterocycles. The quantitative estimate of drug-likeness (QED) is 0.696. The van der Waals surface area contributed by atoms with Crippen LogP contribution in [0.5, 0.6) is 0 Å². The summed E-state index contributed by atoms with van der Waals surface area (Å²) in [7, 11) is 0. The number of hydrogen-bond donors (Lipinski definition) is 1. The molecule has 0 radical (unpaired) electrons. The number of hydrogen-bond acceptors (Lipinski definition) is 4. The molecule has 4 nitrogen and oxygen atoms in total. The van der Waals surface area contributed by atoms with Crippen molar-refractivity contribution < 1.29 is 4.52 Å². The Hall–Kier alpha value is -0.900. The van der Waals surface area contributed by atoms with Crippen molar-refractivity contribution in [3.05, 3.63) is 12.2 Å². The van der Waals surface area contributed by atoms with Crippen LogP contribution in [0.1, 0.15) is 25.7 Å². The Morgan fingerprint density at radius 2 is 2.55 bits per heavy atom. The summed E-state index contributed by atoms with van der Waals surface area (Å²) in [6, 6.07) is 0.262. The van der Waals surface area contributed by atoms with E-state index in [0.717, 1.165) is 19.3 Å². The fourth-order valence-corrected chi connectivity index (χ4v) is 0.881. The SMILES string of the molecule is CC(N)CCCc1ncno1. The van der Waals surface area contributed by atoms with Crippen molar-refractivity contribution in [3.8, 4) is 0 Å². The predicted octanol–water partition coefficient (Wildman–Crippen LogP) is 0.740. The smallest absolute Gasteiger partial charge is 0.226 e. The second-order valence-electron chi connectivity index (χ2n) is 2.70. The van der Waals surface area contributed by atoms with Crippen LogP contribution in [0.2, 0.25) is 0 Å². The molecule has 4 heteroatoms. The largest absolute Gasteiger partial charge is 0.340 e. The first-order valence-electron chi connectivity index (χ1n) is 3.80. The average molecular weight is 155 g/mol. The van der Waals surface area contributed by atoms with E-state index in [1.165, 1.54) is 6.33 Å². The molecule has 0 saturated carbocycles. The lowest BCUT2D eigenvalue weighted by Crippen LogP contribution is -2.14. The van der Waals surface area contributed by atoms with Crippen molar-refractivity contribution in [2.45, 2.75) is 32.2 Å². The normalized spacial score (nSPS) is 13.3. The van der Waals surface area contributed by atoms with Crippen molar-refractivity contribution >= 4 is 0 Å². The van der Waals surface area contributed by atoms with Crippen LogP contribution in [0, 0.1) is 0 Å². The van der Waals surface area contributed by atoms with Crippen LogP contribution in [0.25, 0.3) is 0 Å². The topological polar surface area (TPSA) is 64.9 Å². The maximum absolute atomic E-state index is 5.57. The van der Waals surface area contributed by atoms with E-state index in [-0.39, 0.29) is 6.04 Å². The number of nitrogens with two attached hydrogens (primary N) is 1. The first kappa shape index (κ1) is 8.20. The highest BCUT2D eigenvalue weighted by molar-refractivity contribution is 4.74. The van der Waals surface area contributed by atoms with Gasteiger partial charge in [-0.2, -0.15) is 4.98 Å². The lowest BCUT2D eigenvalue weighted by molar-refractivity contribution is 0.372. The van der Waals surface area contributed by atoms with Crippen molar-refractivity contribution in [1.29, 1.82) is 0 Å². The first-order valence-corrected chi connectivity index (χ1v) is 3.80. The van der Waals surface area contributed by atoms with Crippen molar-refractivity contribution in [2.24, 2.45) is 5.73 Å². The molecule has 0 saturated heterocycles. The molecule has 0 spiro atoms.